The van der Waals surface area contributed by atoms with Crippen LogP contribution in [-0.4, -0.2) is 24.4 Å². The van der Waals surface area contributed by atoms with Crippen LogP contribution in [-0.2, 0) is 0 Å². The van der Waals surface area contributed by atoms with Crippen LogP contribution in [0.4, 0.5) is 5.69 Å². The fourth-order valence-corrected chi connectivity index (χ4v) is 1.39. The third-order valence-electron chi connectivity index (χ3n) is 2.21. The van der Waals surface area contributed by atoms with Gasteiger partial charge in [-0.3, -0.25) is 0 Å². The van der Waals surface area contributed by atoms with Gasteiger partial charge in [-0.1, -0.05) is 5.16 Å². The molecule has 1 aliphatic heterocycles. The molecule has 1 heterocycles. The number of amidine groups is 1. The van der Waals surface area contributed by atoms with Crippen LogP contribution in [0.25, 0.3) is 0 Å². The Bertz CT molecular complexity index is 406. The molecular formula is C10H13N3O3. The molecule has 0 saturated carbocycles. The molecule has 4 N–H and O–H groups in total. The van der Waals surface area contributed by atoms with E-state index in [1.54, 1.807) is 0 Å². The van der Waals surface area contributed by atoms with E-state index in [4.69, 9.17) is 20.4 Å². The summed E-state index contributed by atoms with van der Waals surface area (Å²) >= 11 is 0. The summed E-state index contributed by atoms with van der Waals surface area (Å²) in [5, 5.41) is 14.4. The Balaban J connectivity index is 1.90. The van der Waals surface area contributed by atoms with E-state index in [1.165, 1.54) is 0 Å². The Kier molecular flexibility index (Phi) is 3.00. The van der Waals surface area contributed by atoms with Crippen LogP contribution in [0, 0.1) is 0 Å². The fourth-order valence-electron chi connectivity index (χ4n) is 1.39. The molecule has 0 unspecified atom stereocenters. The van der Waals surface area contributed by atoms with Crippen LogP contribution < -0.4 is 20.5 Å². The first-order chi connectivity index (χ1) is 7.79. The Hall–Kier alpha value is -2.11. The minimum atomic E-state index is 0.202. The molecule has 6 nitrogen and oxygen atoms in total. The van der Waals surface area contributed by atoms with Gasteiger partial charge in [0.05, 0.1) is 0 Å². The second-order valence-electron chi connectivity index (χ2n) is 3.34. The molecule has 0 amide bonds. The molecule has 6 heteroatoms. The highest BCUT2D eigenvalue weighted by atomic mass is 16.7. The molecule has 0 atom stereocenters. The van der Waals surface area contributed by atoms with Crippen LogP contribution in [0.1, 0.15) is 6.42 Å². The number of hydrogen-bond donors (Lipinski definition) is 3. The van der Waals surface area contributed by atoms with E-state index >= 15 is 0 Å². The normalized spacial score (nSPS) is 13.9. The molecule has 86 valence electrons. The highest BCUT2D eigenvalue weighted by molar-refractivity contribution is 5.80. The molecule has 1 aromatic carbocycles. The van der Waals surface area contributed by atoms with Crippen LogP contribution in [0.5, 0.6) is 11.5 Å². The van der Waals surface area contributed by atoms with Gasteiger partial charge in [-0.15, -0.1) is 0 Å². The predicted molar refractivity (Wildman–Crippen MR) is 59.1 cm³/mol. The zero-order valence-electron chi connectivity index (χ0n) is 8.64. The summed E-state index contributed by atoms with van der Waals surface area (Å²) < 4.78 is 10.4. The number of ether oxygens (including phenoxy) is 2. The van der Waals surface area contributed by atoms with E-state index in [0.29, 0.717) is 13.0 Å². The minimum absolute atomic E-state index is 0.202. The van der Waals surface area contributed by atoms with E-state index in [1.807, 2.05) is 18.2 Å². The summed E-state index contributed by atoms with van der Waals surface area (Å²) in [4.78, 5) is 0. The van der Waals surface area contributed by atoms with Crippen molar-refractivity contribution in [2.24, 2.45) is 10.9 Å². The summed E-state index contributed by atoms with van der Waals surface area (Å²) in [7, 11) is 0. The number of anilines is 1. The standard InChI is InChI=1S/C10H13N3O3/c11-10(13-14)3-4-12-7-1-2-8-9(5-7)16-6-15-8/h1-2,5,12,14H,3-4,6H2,(H2,11,13). The Morgan fingerprint density at radius 1 is 1.44 bits per heavy atom. The first-order valence-corrected chi connectivity index (χ1v) is 4.89. The van der Waals surface area contributed by atoms with E-state index < -0.39 is 0 Å². The number of hydrogen-bond acceptors (Lipinski definition) is 5. The molecule has 16 heavy (non-hydrogen) atoms. The third-order valence-corrected chi connectivity index (χ3v) is 2.21. The topological polar surface area (TPSA) is 89.1 Å². The van der Waals surface area contributed by atoms with Crippen molar-refractivity contribution in [3.8, 4) is 11.5 Å². The Morgan fingerprint density at radius 3 is 3.06 bits per heavy atom. The number of nitrogens with two attached hydrogens (primary N) is 1. The largest absolute Gasteiger partial charge is 0.454 e. The van der Waals surface area contributed by atoms with Crippen molar-refractivity contribution in [1.29, 1.82) is 0 Å². The number of benzene rings is 1. The second-order valence-corrected chi connectivity index (χ2v) is 3.34. The van der Waals surface area contributed by atoms with Crippen LogP contribution >= 0.6 is 0 Å². The van der Waals surface area contributed by atoms with Gasteiger partial charge in [0, 0.05) is 24.7 Å². The van der Waals surface area contributed by atoms with Crippen molar-refractivity contribution in [2.45, 2.75) is 6.42 Å². The average Bonchev–Trinajstić information content (AvgIpc) is 2.76. The molecule has 0 radical (unpaired) electrons. The quantitative estimate of drug-likeness (QED) is 0.306. The summed E-state index contributed by atoms with van der Waals surface area (Å²) in [6.45, 7) is 0.860. The highest BCUT2D eigenvalue weighted by Crippen LogP contribution is 2.34. The molecule has 0 aromatic heterocycles. The molecular weight excluding hydrogens is 210 g/mol. The van der Waals surface area contributed by atoms with Gasteiger partial charge >= 0.3 is 0 Å². The zero-order valence-corrected chi connectivity index (χ0v) is 8.64. The van der Waals surface area contributed by atoms with Gasteiger partial charge in [0.15, 0.2) is 11.5 Å². The minimum Gasteiger partial charge on any atom is -0.454 e. The van der Waals surface area contributed by atoms with Crippen molar-refractivity contribution in [3.05, 3.63) is 18.2 Å². The van der Waals surface area contributed by atoms with Crippen LogP contribution in [0.15, 0.2) is 23.4 Å². The van der Waals surface area contributed by atoms with Crippen molar-refractivity contribution in [3.63, 3.8) is 0 Å². The van der Waals surface area contributed by atoms with Gasteiger partial charge in [-0.2, -0.15) is 0 Å². The van der Waals surface area contributed by atoms with Gasteiger partial charge in [0.25, 0.3) is 0 Å². The molecule has 1 aromatic rings. The van der Waals surface area contributed by atoms with E-state index in [2.05, 4.69) is 10.5 Å². The number of rotatable bonds is 4. The Labute approximate surface area is 92.6 Å². The van der Waals surface area contributed by atoms with E-state index in [9.17, 15) is 0 Å². The molecule has 0 bridgehead atoms. The lowest BCUT2D eigenvalue weighted by Gasteiger charge is -2.06. The van der Waals surface area contributed by atoms with Gasteiger partial charge in [0.2, 0.25) is 6.79 Å². The van der Waals surface area contributed by atoms with Crippen LogP contribution in [0.2, 0.25) is 0 Å². The lowest BCUT2D eigenvalue weighted by Crippen LogP contribution is -2.16. The molecule has 2 rings (SSSR count). The summed E-state index contributed by atoms with van der Waals surface area (Å²) in [6.07, 6.45) is 0.477. The van der Waals surface area contributed by atoms with Gasteiger partial charge in [-0.05, 0) is 12.1 Å². The van der Waals surface area contributed by atoms with Gasteiger partial charge < -0.3 is 25.7 Å². The first-order valence-electron chi connectivity index (χ1n) is 4.89. The number of nitrogens with zero attached hydrogens (tertiary/aromatic N) is 1. The number of oxime groups is 1. The molecule has 1 aliphatic rings. The highest BCUT2D eigenvalue weighted by Gasteiger charge is 2.12. The maximum absolute atomic E-state index is 8.36. The zero-order chi connectivity index (χ0) is 11.4. The first kappa shape index (κ1) is 10.4. The van der Waals surface area contributed by atoms with E-state index in [-0.39, 0.29) is 12.6 Å². The van der Waals surface area contributed by atoms with Gasteiger partial charge in [-0.25, -0.2) is 0 Å². The smallest absolute Gasteiger partial charge is 0.231 e. The lowest BCUT2D eigenvalue weighted by atomic mass is 10.2. The average molecular weight is 223 g/mol. The third kappa shape index (κ3) is 2.28. The molecule has 0 aliphatic carbocycles. The summed E-state index contributed by atoms with van der Waals surface area (Å²) in [5.41, 5.74) is 6.25. The second kappa shape index (κ2) is 4.61. The predicted octanol–water partition coefficient (Wildman–Crippen LogP) is 0.964. The summed E-state index contributed by atoms with van der Waals surface area (Å²) in [5.74, 6) is 1.68. The Morgan fingerprint density at radius 2 is 2.25 bits per heavy atom. The van der Waals surface area contributed by atoms with Crippen molar-refractivity contribution >= 4 is 11.5 Å². The lowest BCUT2D eigenvalue weighted by molar-refractivity contribution is 0.174. The maximum Gasteiger partial charge on any atom is 0.231 e. The molecule has 0 fully saturated rings. The fraction of sp³-hybridized carbons (Fsp3) is 0.300. The van der Waals surface area contributed by atoms with Gasteiger partial charge in [0.1, 0.15) is 5.84 Å². The number of fused-ring (bicyclic) bond motifs is 1. The molecule has 0 spiro atoms. The van der Waals surface area contributed by atoms with Crippen molar-refractivity contribution in [2.75, 3.05) is 18.7 Å². The SMILES string of the molecule is NC(CCNc1ccc2c(c1)OCO2)=NO. The summed E-state index contributed by atoms with van der Waals surface area (Å²) in [6, 6.07) is 5.59. The molecule has 0 saturated heterocycles. The van der Waals surface area contributed by atoms with E-state index in [0.717, 1.165) is 17.2 Å². The van der Waals surface area contributed by atoms with Crippen LogP contribution in [0.3, 0.4) is 0 Å². The monoisotopic (exact) mass is 223 g/mol. The van der Waals surface area contributed by atoms with Crippen molar-refractivity contribution in [1.82, 2.24) is 0 Å². The number of nitrogens with one attached hydrogen (secondary N) is 1. The maximum atomic E-state index is 8.36. The van der Waals surface area contributed by atoms with Crippen molar-refractivity contribution < 1.29 is 14.7 Å².